The molecule has 32 heavy (non-hydrogen) atoms. The molecule has 15 nitrogen and oxygen atoms in total. The normalized spacial score (nSPS) is 14.4. The Kier molecular flexibility index (Phi) is 11.3. The zero-order valence-electron chi connectivity index (χ0n) is 17.6. The highest BCUT2D eigenvalue weighted by Gasteiger charge is 2.32. The Morgan fingerprint density at radius 2 is 0.969 bits per heavy atom. The topological polar surface area (TPSA) is 280 Å². The number of hydrogen-bond donors (Lipinski definition) is 8. The van der Waals surface area contributed by atoms with E-state index in [0.29, 0.717) is 0 Å². The number of nitrogens with one attached hydrogen (secondary N) is 3. The number of carbonyl (C=O) groups is 7. The summed E-state index contributed by atoms with van der Waals surface area (Å²) in [5.41, 5.74) is 20.8. The lowest BCUT2D eigenvalue weighted by molar-refractivity contribution is -0.144. The first kappa shape index (κ1) is 28.2. The number of carbonyl (C=O) groups excluding carboxylic acids is 6. The molecule has 0 aliphatic heterocycles. The van der Waals surface area contributed by atoms with Crippen molar-refractivity contribution in [1.82, 2.24) is 16.0 Å². The van der Waals surface area contributed by atoms with Crippen LogP contribution in [-0.2, 0) is 33.6 Å². The quantitative estimate of drug-likeness (QED) is 0.123. The van der Waals surface area contributed by atoms with Crippen LogP contribution in [0.5, 0.6) is 0 Å². The van der Waals surface area contributed by atoms with E-state index in [1.165, 1.54) is 0 Å². The van der Waals surface area contributed by atoms with Crippen molar-refractivity contribution in [1.29, 1.82) is 0 Å². The molecule has 0 aliphatic carbocycles. The lowest BCUT2D eigenvalue weighted by atomic mass is 10.0. The zero-order valence-corrected chi connectivity index (χ0v) is 17.6. The van der Waals surface area contributed by atoms with Crippen LogP contribution in [0.2, 0.25) is 0 Å². The van der Waals surface area contributed by atoms with Crippen molar-refractivity contribution in [3.05, 3.63) is 0 Å². The van der Waals surface area contributed by atoms with Crippen LogP contribution in [0, 0.1) is 5.92 Å². The number of amides is 6. The van der Waals surface area contributed by atoms with Crippen LogP contribution in [0.25, 0.3) is 0 Å². The Labute approximate surface area is 183 Å². The fraction of sp³-hybridized carbons (Fsp3) is 0.588. The van der Waals surface area contributed by atoms with E-state index in [1.54, 1.807) is 13.8 Å². The van der Waals surface area contributed by atoms with Gasteiger partial charge in [-0.2, -0.15) is 0 Å². The summed E-state index contributed by atoms with van der Waals surface area (Å²) in [6.07, 6.45) is -2.18. The molecule has 6 amide bonds. The minimum absolute atomic E-state index is 0.307. The van der Waals surface area contributed by atoms with Crippen molar-refractivity contribution in [3.8, 4) is 0 Å². The van der Waals surface area contributed by atoms with Gasteiger partial charge < -0.3 is 44.0 Å². The molecule has 0 radical (unpaired) electrons. The molecule has 0 fully saturated rings. The summed E-state index contributed by atoms with van der Waals surface area (Å²) < 4.78 is 0. The van der Waals surface area contributed by atoms with Gasteiger partial charge in [0.15, 0.2) is 0 Å². The van der Waals surface area contributed by atoms with Crippen LogP contribution >= 0.6 is 0 Å². The molecule has 0 aromatic heterocycles. The average Bonchev–Trinajstić information content (AvgIpc) is 2.64. The van der Waals surface area contributed by atoms with Gasteiger partial charge in [-0.05, 0) is 5.92 Å². The summed E-state index contributed by atoms with van der Waals surface area (Å²) in [5, 5.41) is 15.4. The van der Waals surface area contributed by atoms with Gasteiger partial charge in [-0.25, -0.2) is 4.79 Å². The summed E-state index contributed by atoms with van der Waals surface area (Å²) in [5.74, 6) is -7.97. The number of carboxylic acid groups (broad SMARTS) is 1. The van der Waals surface area contributed by atoms with Crippen LogP contribution in [0.3, 0.4) is 0 Å². The van der Waals surface area contributed by atoms with Crippen LogP contribution in [0.1, 0.15) is 33.1 Å². The highest BCUT2D eigenvalue weighted by molar-refractivity contribution is 5.98. The van der Waals surface area contributed by atoms with Crippen LogP contribution in [0.4, 0.5) is 0 Å². The minimum atomic E-state index is -1.74. The minimum Gasteiger partial charge on any atom is -0.480 e. The monoisotopic (exact) mass is 459 g/mol. The molecule has 0 aliphatic rings. The van der Waals surface area contributed by atoms with E-state index in [1.807, 2.05) is 5.32 Å². The lowest BCUT2D eigenvalue weighted by Gasteiger charge is -2.24. The van der Waals surface area contributed by atoms with Crippen LogP contribution in [0.15, 0.2) is 0 Å². The van der Waals surface area contributed by atoms with Gasteiger partial charge >= 0.3 is 5.97 Å². The summed E-state index contributed by atoms with van der Waals surface area (Å²) in [6, 6.07) is -6.00. The molecule has 180 valence electrons. The van der Waals surface area contributed by atoms with Crippen molar-refractivity contribution in [2.75, 3.05) is 0 Å². The summed E-state index contributed by atoms with van der Waals surface area (Å²) in [7, 11) is 0. The molecule has 4 atom stereocenters. The molecule has 12 N–H and O–H groups in total. The summed E-state index contributed by atoms with van der Waals surface area (Å²) in [4.78, 5) is 82.0. The molecular weight excluding hydrogens is 430 g/mol. The number of nitrogens with two attached hydrogens (primary N) is 4. The van der Waals surface area contributed by atoms with E-state index in [2.05, 4.69) is 10.6 Å². The number of rotatable bonds is 14. The molecule has 0 bridgehead atoms. The molecule has 0 saturated heterocycles. The van der Waals surface area contributed by atoms with E-state index < -0.39 is 84.8 Å². The standard InChI is InChI=1S/C17H29N7O8/c1-6(2)13(21)16(30)23-8(4-11(19)26)14(28)22-7(3-10(18)25)15(29)24-9(17(31)32)5-12(20)27/h6-9,13H,3-5,21H2,1-2H3,(H2,18,25)(H2,19,26)(H2,20,27)(H,22,28)(H,23,30)(H,24,29)(H,31,32). The van der Waals surface area contributed by atoms with Crippen molar-refractivity contribution in [2.24, 2.45) is 28.9 Å². The van der Waals surface area contributed by atoms with Crippen molar-refractivity contribution in [3.63, 3.8) is 0 Å². The van der Waals surface area contributed by atoms with Gasteiger partial charge in [-0.1, -0.05) is 13.8 Å². The van der Waals surface area contributed by atoms with E-state index >= 15 is 0 Å². The number of hydrogen-bond acceptors (Lipinski definition) is 8. The number of aliphatic carboxylic acids is 1. The molecule has 0 heterocycles. The Hall–Kier alpha value is -3.75. The predicted molar refractivity (Wildman–Crippen MR) is 108 cm³/mol. The van der Waals surface area contributed by atoms with E-state index in [9.17, 15) is 33.6 Å². The van der Waals surface area contributed by atoms with Gasteiger partial charge in [-0.15, -0.1) is 0 Å². The van der Waals surface area contributed by atoms with E-state index in [0.717, 1.165) is 0 Å². The Morgan fingerprint density at radius 3 is 1.28 bits per heavy atom. The molecule has 4 unspecified atom stereocenters. The first-order chi connectivity index (χ1) is 14.6. The third-order valence-corrected chi connectivity index (χ3v) is 4.12. The van der Waals surface area contributed by atoms with Crippen LogP contribution < -0.4 is 38.9 Å². The third kappa shape index (κ3) is 10.3. The second-order valence-electron chi connectivity index (χ2n) is 7.30. The maximum atomic E-state index is 12.6. The van der Waals surface area contributed by atoms with Gasteiger partial charge in [0.2, 0.25) is 35.4 Å². The lowest BCUT2D eigenvalue weighted by Crippen LogP contribution is -2.58. The third-order valence-electron chi connectivity index (χ3n) is 4.12. The van der Waals surface area contributed by atoms with Crippen molar-refractivity contribution in [2.45, 2.75) is 57.3 Å². The Bertz CT molecular complexity index is 770. The largest absolute Gasteiger partial charge is 0.480 e. The van der Waals surface area contributed by atoms with Gasteiger partial charge in [0.05, 0.1) is 25.3 Å². The molecule has 0 spiro atoms. The first-order valence-corrected chi connectivity index (χ1v) is 9.40. The second kappa shape index (κ2) is 12.8. The highest BCUT2D eigenvalue weighted by Crippen LogP contribution is 2.03. The Morgan fingerprint density at radius 1 is 0.656 bits per heavy atom. The number of primary amides is 3. The van der Waals surface area contributed by atoms with Crippen molar-refractivity contribution >= 4 is 41.4 Å². The fourth-order valence-electron chi connectivity index (χ4n) is 2.34. The molecule has 0 rings (SSSR count). The van der Waals surface area contributed by atoms with Crippen molar-refractivity contribution < 1.29 is 38.7 Å². The maximum absolute atomic E-state index is 12.6. The molecule has 0 aromatic rings. The second-order valence-corrected chi connectivity index (χ2v) is 7.30. The average molecular weight is 459 g/mol. The summed E-state index contributed by atoms with van der Waals surface area (Å²) in [6.45, 7) is 3.29. The fourth-order valence-corrected chi connectivity index (χ4v) is 2.34. The van der Waals surface area contributed by atoms with Gasteiger partial charge in [0.25, 0.3) is 0 Å². The van der Waals surface area contributed by atoms with Gasteiger partial charge in [-0.3, -0.25) is 28.8 Å². The zero-order chi connectivity index (χ0) is 25.2. The SMILES string of the molecule is CC(C)C(N)C(=O)NC(CC(N)=O)C(=O)NC(CC(N)=O)C(=O)NC(CC(N)=O)C(=O)O. The van der Waals surface area contributed by atoms with E-state index in [-0.39, 0.29) is 5.92 Å². The molecule has 0 saturated carbocycles. The molecular formula is C17H29N7O8. The Balaban J connectivity index is 5.58. The van der Waals surface area contributed by atoms with Gasteiger partial charge in [0, 0.05) is 0 Å². The smallest absolute Gasteiger partial charge is 0.326 e. The highest BCUT2D eigenvalue weighted by atomic mass is 16.4. The molecule has 15 heteroatoms. The number of carboxylic acids is 1. The first-order valence-electron chi connectivity index (χ1n) is 9.40. The van der Waals surface area contributed by atoms with E-state index in [4.69, 9.17) is 28.0 Å². The summed E-state index contributed by atoms with van der Waals surface area (Å²) >= 11 is 0. The predicted octanol–water partition coefficient (Wildman–Crippen LogP) is -4.87. The van der Waals surface area contributed by atoms with Crippen LogP contribution in [-0.4, -0.2) is 70.7 Å². The van der Waals surface area contributed by atoms with Gasteiger partial charge in [0.1, 0.15) is 18.1 Å². The maximum Gasteiger partial charge on any atom is 0.326 e. The molecule has 0 aromatic carbocycles.